The summed E-state index contributed by atoms with van der Waals surface area (Å²) >= 11 is 0. The van der Waals surface area contributed by atoms with Gasteiger partial charge in [0.15, 0.2) is 0 Å². The zero-order valence-electron chi connectivity index (χ0n) is 7.21. The molecule has 1 aromatic rings. The molecule has 0 aliphatic rings. The number of benzene rings is 1. The van der Waals surface area contributed by atoms with E-state index in [2.05, 4.69) is 18.4 Å². The second kappa shape index (κ2) is 5.86. The standard InChI is InChI=1S/C9H14N2.ClH/c1-2-5-8-6-3-4-7-9(8)11-10;/h3-4,6-7,11H,2,5,10H2,1H3;1H. The molecule has 3 heteroatoms. The average molecular weight is 187 g/mol. The van der Waals surface area contributed by atoms with E-state index in [1.54, 1.807) is 0 Å². The van der Waals surface area contributed by atoms with Crippen molar-refractivity contribution in [3.8, 4) is 0 Å². The highest BCUT2D eigenvalue weighted by atomic mass is 35.5. The number of nitrogen functional groups attached to an aromatic ring is 1. The average Bonchev–Trinajstić information content (AvgIpc) is 2.06. The summed E-state index contributed by atoms with van der Waals surface area (Å²) in [6.07, 6.45) is 2.24. The van der Waals surface area contributed by atoms with Crippen molar-refractivity contribution in [3.05, 3.63) is 29.8 Å². The molecule has 0 bridgehead atoms. The zero-order chi connectivity index (χ0) is 8.10. The number of aryl methyl sites for hydroxylation is 1. The van der Waals surface area contributed by atoms with Gasteiger partial charge in [0.05, 0.1) is 5.69 Å². The molecule has 0 radical (unpaired) electrons. The van der Waals surface area contributed by atoms with E-state index in [0.29, 0.717) is 0 Å². The van der Waals surface area contributed by atoms with E-state index in [1.807, 2.05) is 18.2 Å². The Morgan fingerprint density at radius 1 is 1.33 bits per heavy atom. The molecule has 0 amide bonds. The molecule has 0 saturated carbocycles. The lowest BCUT2D eigenvalue weighted by Crippen LogP contribution is -2.08. The summed E-state index contributed by atoms with van der Waals surface area (Å²) in [5.41, 5.74) is 5.01. The quantitative estimate of drug-likeness (QED) is 0.562. The van der Waals surface area contributed by atoms with Gasteiger partial charge in [-0.3, -0.25) is 5.84 Å². The summed E-state index contributed by atoms with van der Waals surface area (Å²) in [6.45, 7) is 2.16. The Labute approximate surface area is 79.5 Å². The van der Waals surface area contributed by atoms with Gasteiger partial charge in [0, 0.05) is 0 Å². The maximum Gasteiger partial charge on any atom is 0.0517 e. The molecule has 0 aliphatic carbocycles. The predicted molar refractivity (Wildman–Crippen MR) is 55.5 cm³/mol. The van der Waals surface area contributed by atoms with Crippen LogP contribution in [0, 0.1) is 0 Å². The normalized spacial score (nSPS) is 8.83. The minimum absolute atomic E-state index is 0. The molecule has 0 heterocycles. The van der Waals surface area contributed by atoms with E-state index in [-0.39, 0.29) is 12.4 Å². The smallest absolute Gasteiger partial charge is 0.0517 e. The van der Waals surface area contributed by atoms with Gasteiger partial charge in [-0.2, -0.15) is 0 Å². The number of rotatable bonds is 3. The molecule has 0 atom stereocenters. The Hall–Kier alpha value is -0.730. The van der Waals surface area contributed by atoms with Gasteiger partial charge in [-0.15, -0.1) is 12.4 Å². The fourth-order valence-electron chi connectivity index (χ4n) is 1.15. The number of anilines is 1. The predicted octanol–water partition coefficient (Wildman–Crippen LogP) is 2.35. The van der Waals surface area contributed by atoms with Crippen LogP contribution in [0.2, 0.25) is 0 Å². The summed E-state index contributed by atoms with van der Waals surface area (Å²) in [4.78, 5) is 0. The molecule has 0 aromatic heterocycles. The Morgan fingerprint density at radius 3 is 2.58 bits per heavy atom. The van der Waals surface area contributed by atoms with Gasteiger partial charge >= 0.3 is 0 Å². The third-order valence-electron chi connectivity index (χ3n) is 1.69. The highest BCUT2D eigenvalue weighted by Crippen LogP contribution is 2.14. The van der Waals surface area contributed by atoms with Crippen molar-refractivity contribution >= 4 is 18.1 Å². The zero-order valence-corrected chi connectivity index (χ0v) is 8.03. The molecule has 0 saturated heterocycles. The lowest BCUT2D eigenvalue weighted by Gasteiger charge is -2.05. The second-order valence-corrected chi connectivity index (χ2v) is 2.55. The van der Waals surface area contributed by atoms with Crippen molar-refractivity contribution in [1.82, 2.24) is 0 Å². The molecule has 0 aliphatic heterocycles. The molecule has 3 N–H and O–H groups in total. The van der Waals surface area contributed by atoms with E-state index >= 15 is 0 Å². The van der Waals surface area contributed by atoms with Crippen LogP contribution in [-0.2, 0) is 6.42 Å². The summed E-state index contributed by atoms with van der Waals surface area (Å²) in [7, 11) is 0. The summed E-state index contributed by atoms with van der Waals surface area (Å²) in [5, 5.41) is 0. The van der Waals surface area contributed by atoms with Crippen LogP contribution in [0.3, 0.4) is 0 Å². The minimum atomic E-state index is 0. The van der Waals surface area contributed by atoms with Crippen molar-refractivity contribution in [2.45, 2.75) is 19.8 Å². The van der Waals surface area contributed by atoms with Gasteiger partial charge < -0.3 is 5.43 Å². The van der Waals surface area contributed by atoms with Gasteiger partial charge in [-0.1, -0.05) is 31.5 Å². The van der Waals surface area contributed by atoms with Gasteiger partial charge in [0.1, 0.15) is 0 Å². The SMILES string of the molecule is CCCc1ccccc1NN.Cl. The molecule has 0 spiro atoms. The molecule has 1 rings (SSSR count). The molecule has 1 aromatic carbocycles. The number of hydrazine groups is 1. The summed E-state index contributed by atoms with van der Waals surface area (Å²) in [5.74, 6) is 5.33. The lowest BCUT2D eigenvalue weighted by atomic mass is 10.1. The second-order valence-electron chi connectivity index (χ2n) is 2.55. The van der Waals surface area contributed by atoms with Crippen molar-refractivity contribution in [1.29, 1.82) is 0 Å². The van der Waals surface area contributed by atoms with Crippen LogP contribution in [0.5, 0.6) is 0 Å². The van der Waals surface area contributed by atoms with Crippen LogP contribution in [0.1, 0.15) is 18.9 Å². The third-order valence-corrected chi connectivity index (χ3v) is 1.69. The van der Waals surface area contributed by atoms with Crippen LogP contribution in [0.25, 0.3) is 0 Å². The number of para-hydroxylation sites is 1. The number of hydrogen-bond acceptors (Lipinski definition) is 2. The largest absolute Gasteiger partial charge is 0.324 e. The van der Waals surface area contributed by atoms with E-state index < -0.39 is 0 Å². The number of nitrogens with one attached hydrogen (secondary N) is 1. The maximum atomic E-state index is 5.33. The van der Waals surface area contributed by atoms with Crippen LogP contribution >= 0.6 is 12.4 Å². The van der Waals surface area contributed by atoms with Crippen LogP contribution in [0.15, 0.2) is 24.3 Å². The number of hydrogen-bond donors (Lipinski definition) is 2. The van der Waals surface area contributed by atoms with Crippen molar-refractivity contribution in [2.24, 2.45) is 5.84 Å². The van der Waals surface area contributed by atoms with Crippen LogP contribution in [-0.4, -0.2) is 0 Å². The topological polar surface area (TPSA) is 38.0 Å². The Kier molecular flexibility index (Phi) is 5.51. The highest BCUT2D eigenvalue weighted by molar-refractivity contribution is 5.85. The first-order valence-corrected chi connectivity index (χ1v) is 3.93. The molecule has 12 heavy (non-hydrogen) atoms. The Morgan fingerprint density at radius 2 is 2.00 bits per heavy atom. The fraction of sp³-hybridized carbons (Fsp3) is 0.333. The fourth-order valence-corrected chi connectivity index (χ4v) is 1.15. The van der Waals surface area contributed by atoms with Crippen molar-refractivity contribution in [3.63, 3.8) is 0 Å². The third kappa shape index (κ3) is 2.72. The molecule has 0 unspecified atom stereocenters. The first kappa shape index (κ1) is 11.3. The molecular weight excluding hydrogens is 172 g/mol. The molecule has 0 fully saturated rings. The van der Waals surface area contributed by atoms with Crippen LogP contribution < -0.4 is 11.3 Å². The van der Waals surface area contributed by atoms with E-state index in [1.165, 1.54) is 5.56 Å². The minimum Gasteiger partial charge on any atom is -0.324 e. The van der Waals surface area contributed by atoms with E-state index in [9.17, 15) is 0 Å². The van der Waals surface area contributed by atoms with Crippen molar-refractivity contribution < 1.29 is 0 Å². The van der Waals surface area contributed by atoms with Crippen molar-refractivity contribution in [2.75, 3.05) is 5.43 Å². The summed E-state index contributed by atoms with van der Waals surface area (Å²) < 4.78 is 0. The molecule has 2 nitrogen and oxygen atoms in total. The first-order valence-electron chi connectivity index (χ1n) is 3.93. The Bertz CT molecular complexity index is 226. The van der Waals surface area contributed by atoms with Crippen LogP contribution in [0.4, 0.5) is 5.69 Å². The van der Waals surface area contributed by atoms with E-state index in [0.717, 1.165) is 18.5 Å². The van der Waals surface area contributed by atoms with Gasteiger partial charge in [0.2, 0.25) is 0 Å². The lowest BCUT2D eigenvalue weighted by molar-refractivity contribution is 0.921. The van der Waals surface area contributed by atoms with E-state index in [4.69, 9.17) is 5.84 Å². The first-order chi connectivity index (χ1) is 5.38. The molecular formula is C9H15ClN2. The summed E-state index contributed by atoms with van der Waals surface area (Å²) in [6, 6.07) is 8.10. The number of halogens is 1. The number of nitrogens with two attached hydrogens (primary N) is 1. The van der Waals surface area contributed by atoms with Gasteiger partial charge in [0.25, 0.3) is 0 Å². The molecule has 68 valence electrons. The monoisotopic (exact) mass is 186 g/mol. The highest BCUT2D eigenvalue weighted by Gasteiger charge is 1.96. The van der Waals surface area contributed by atoms with Gasteiger partial charge in [-0.05, 0) is 18.1 Å². The maximum absolute atomic E-state index is 5.33. The Balaban J connectivity index is 0.00000121. The van der Waals surface area contributed by atoms with Gasteiger partial charge in [-0.25, -0.2) is 0 Å².